The van der Waals surface area contributed by atoms with Crippen molar-refractivity contribution in [3.8, 4) is 11.5 Å². The zero-order valence-corrected chi connectivity index (χ0v) is 15.3. The van der Waals surface area contributed by atoms with E-state index in [9.17, 15) is 9.59 Å². The van der Waals surface area contributed by atoms with E-state index in [1.54, 1.807) is 50.4 Å². The molecule has 1 amide bonds. The fraction of sp³-hybridized carbons (Fsp3) is 0.222. The van der Waals surface area contributed by atoms with Crippen LogP contribution in [0.1, 0.15) is 30.0 Å². The van der Waals surface area contributed by atoms with Gasteiger partial charge >= 0.3 is 0 Å². The summed E-state index contributed by atoms with van der Waals surface area (Å²) in [5.74, 6) is 0.813. The lowest BCUT2D eigenvalue weighted by molar-refractivity contribution is -0.115. The van der Waals surface area contributed by atoms with E-state index in [1.807, 2.05) is 0 Å². The predicted octanol–water partition coefficient (Wildman–Crippen LogP) is 3.96. The molecule has 0 aliphatic rings. The number of carbonyl (C=O) groups excluding carboxylic acids is 2. The summed E-state index contributed by atoms with van der Waals surface area (Å²) in [5, 5.41) is 10.6. The van der Waals surface area contributed by atoms with E-state index in [-0.39, 0.29) is 11.7 Å². The summed E-state index contributed by atoms with van der Waals surface area (Å²) in [7, 11) is 0. The Balaban J connectivity index is 1.61. The molecule has 1 unspecified atom stereocenters. The molecule has 2 heterocycles. The molecule has 1 aromatic carbocycles. The molecule has 0 saturated heterocycles. The first-order chi connectivity index (χ1) is 12.4. The van der Waals surface area contributed by atoms with Gasteiger partial charge < -0.3 is 14.2 Å². The van der Waals surface area contributed by atoms with Crippen molar-refractivity contribution in [2.75, 3.05) is 5.32 Å². The number of carbonyl (C=O) groups is 2. The molecule has 3 rings (SSSR count). The van der Waals surface area contributed by atoms with Crippen molar-refractivity contribution < 1.29 is 18.4 Å². The van der Waals surface area contributed by atoms with Gasteiger partial charge in [-0.2, -0.15) is 0 Å². The van der Waals surface area contributed by atoms with Gasteiger partial charge in [-0.05, 0) is 51.1 Å². The average Bonchev–Trinajstić information content (AvgIpc) is 3.23. The Hall–Kier alpha value is -2.87. The highest BCUT2D eigenvalue weighted by atomic mass is 32.2. The molecule has 0 aliphatic heterocycles. The molecule has 2 aromatic heterocycles. The fourth-order valence-corrected chi connectivity index (χ4v) is 2.89. The SMILES string of the molecule is CC(=O)c1ccc(NC(=O)C(C)Sc2nnc(-c3ccoc3C)o2)cc1. The maximum atomic E-state index is 12.3. The van der Waals surface area contributed by atoms with Crippen molar-refractivity contribution in [3.05, 3.63) is 47.9 Å². The smallest absolute Gasteiger partial charge is 0.277 e. The quantitative estimate of drug-likeness (QED) is 0.517. The first-order valence-corrected chi connectivity index (χ1v) is 8.78. The molecule has 0 aliphatic carbocycles. The lowest BCUT2D eigenvalue weighted by Gasteiger charge is -2.10. The number of nitrogens with zero attached hydrogens (tertiary/aromatic N) is 2. The molecule has 3 aromatic rings. The molecule has 0 saturated carbocycles. The molecular formula is C18H17N3O4S. The third kappa shape index (κ3) is 4.02. The molecule has 8 heteroatoms. The van der Waals surface area contributed by atoms with Crippen LogP contribution >= 0.6 is 11.8 Å². The number of ketones is 1. The highest BCUT2D eigenvalue weighted by molar-refractivity contribution is 8.00. The first kappa shape index (κ1) is 17.9. The topological polar surface area (TPSA) is 98.2 Å². The van der Waals surface area contributed by atoms with Gasteiger partial charge in [0.15, 0.2) is 5.78 Å². The van der Waals surface area contributed by atoms with Crippen LogP contribution in [0.2, 0.25) is 0 Å². The summed E-state index contributed by atoms with van der Waals surface area (Å²) in [6.07, 6.45) is 1.55. The van der Waals surface area contributed by atoms with Gasteiger partial charge in [0, 0.05) is 11.3 Å². The standard InChI is InChI=1S/C18H17N3O4S/c1-10(22)13-4-6-14(7-5-13)19-16(23)12(3)26-18-21-20-17(25-18)15-8-9-24-11(15)2/h4-9,12H,1-3H3,(H,19,23). The molecular weight excluding hydrogens is 354 g/mol. The number of hydrogen-bond donors (Lipinski definition) is 1. The number of aryl methyl sites for hydroxylation is 1. The number of aromatic nitrogens is 2. The normalized spacial score (nSPS) is 12.0. The van der Waals surface area contributed by atoms with Gasteiger partial charge in [0.2, 0.25) is 5.91 Å². The number of Topliss-reactive ketones (excluding diaryl/α,β-unsaturated/α-hetero) is 1. The minimum atomic E-state index is -0.443. The van der Waals surface area contributed by atoms with E-state index in [2.05, 4.69) is 15.5 Å². The number of furan rings is 1. The van der Waals surface area contributed by atoms with Crippen LogP contribution in [0.25, 0.3) is 11.5 Å². The van der Waals surface area contributed by atoms with Crippen LogP contribution in [0.15, 0.2) is 50.7 Å². The lowest BCUT2D eigenvalue weighted by Crippen LogP contribution is -2.22. The molecule has 26 heavy (non-hydrogen) atoms. The van der Waals surface area contributed by atoms with E-state index >= 15 is 0 Å². The monoisotopic (exact) mass is 371 g/mol. The van der Waals surface area contributed by atoms with Crippen molar-refractivity contribution in [1.82, 2.24) is 10.2 Å². The summed E-state index contributed by atoms with van der Waals surface area (Å²) in [6.45, 7) is 5.05. The van der Waals surface area contributed by atoms with Crippen LogP contribution in [-0.4, -0.2) is 27.1 Å². The maximum Gasteiger partial charge on any atom is 0.277 e. The summed E-state index contributed by atoms with van der Waals surface area (Å²) in [4.78, 5) is 23.6. The first-order valence-electron chi connectivity index (χ1n) is 7.90. The number of thioether (sulfide) groups is 1. The van der Waals surface area contributed by atoms with Crippen LogP contribution in [0, 0.1) is 6.92 Å². The van der Waals surface area contributed by atoms with Crippen molar-refractivity contribution in [1.29, 1.82) is 0 Å². The minimum absolute atomic E-state index is 0.0214. The number of anilines is 1. The molecule has 1 atom stereocenters. The van der Waals surface area contributed by atoms with Crippen molar-refractivity contribution in [2.24, 2.45) is 0 Å². The molecule has 134 valence electrons. The van der Waals surface area contributed by atoms with Gasteiger partial charge in [0.25, 0.3) is 11.1 Å². The van der Waals surface area contributed by atoms with E-state index in [1.165, 1.54) is 18.7 Å². The Morgan fingerprint density at radius 3 is 2.50 bits per heavy atom. The number of benzene rings is 1. The van der Waals surface area contributed by atoms with Crippen molar-refractivity contribution >= 4 is 29.1 Å². The molecule has 7 nitrogen and oxygen atoms in total. The second-order valence-corrected chi connectivity index (χ2v) is 6.94. The van der Waals surface area contributed by atoms with Crippen molar-refractivity contribution in [3.63, 3.8) is 0 Å². The Morgan fingerprint density at radius 1 is 1.15 bits per heavy atom. The van der Waals surface area contributed by atoms with Crippen molar-refractivity contribution in [2.45, 2.75) is 31.2 Å². The number of hydrogen-bond acceptors (Lipinski definition) is 7. The van der Waals surface area contributed by atoms with Gasteiger partial charge in [0.1, 0.15) is 5.76 Å². The van der Waals surface area contributed by atoms with E-state index in [4.69, 9.17) is 8.83 Å². The molecule has 1 N–H and O–H groups in total. The predicted molar refractivity (Wildman–Crippen MR) is 97.1 cm³/mol. The number of rotatable bonds is 6. The van der Waals surface area contributed by atoms with Crippen LogP contribution < -0.4 is 5.32 Å². The highest BCUT2D eigenvalue weighted by Gasteiger charge is 2.20. The van der Waals surface area contributed by atoms with E-state index in [0.29, 0.717) is 28.1 Å². The van der Waals surface area contributed by atoms with Crippen LogP contribution in [0.5, 0.6) is 0 Å². The molecule has 0 bridgehead atoms. The van der Waals surface area contributed by atoms with Gasteiger partial charge in [-0.15, -0.1) is 10.2 Å². The summed E-state index contributed by atoms with van der Waals surface area (Å²) in [6, 6.07) is 8.48. The van der Waals surface area contributed by atoms with Gasteiger partial charge in [-0.1, -0.05) is 11.8 Å². The van der Waals surface area contributed by atoms with Gasteiger partial charge in [-0.25, -0.2) is 0 Å². The third-order valence-electron chi connectivity index (χ3n) is 3.70. The molecule has 0 spiro atoms. The van der Waals surface area contributed by atoms with E-state index < -0.39 is 5.25 Å². The largest absolute Gasteiger partial charge is 0.469 e. The zero-order valence-electron chi connectivity index (χ0n) is 14.5. The van der Waals surface area contributed by atoms with E-state index in [0.717, 1.165) is 5.56 Å². The fourth-order valence-electron chi connectivity index (χ4n) is 2.21. The molecule has 0 radical (unpaired) electrons. The minimum Gasteiger partial charge on any atom is -0.469 e. The highest BCUT2D eigenvalue weighted by Crippen LogP contribution is 2.28. The second-order valence-electron chi connectivity index (χ2n) is 5.65. The second kappa shape index (κ2) is 7.57. The number of amides is 1. The van der Waals surface area contributed by atoms with Crippen LogP contribution in [0.3, 0.4) is 0 Å². The van der Waals surface area contributed by atoms with Gasteiger partial charge in [-0.3, -0.25) is 9.59 Å². The lowest BCUT2D eigenvalue weighted by atomic mass is 10.1. The summed E-state index contributed by atoms with van der Waals surface area (Å²) < 4.78 is 10.8. The Morgan fingerprint density at radius 2 is 1.88 bits per heavy atom. The van der Waals surface area contributed by atoms with Crippen LogP contribution in [0.4, 0.5) is 5.69 Å². The third-order valence-corrected chi connectivity index (χ3v) is 4.64. The maximum absolute atomic E-state index is 12.3. The van der Waals surface area contributed by atoms with Gasteiger partial charge in [0.05, 0.1) is 17.1 Å². The zero-order chi connectivity index (χ0) is 18.7. The summed E-state index contributed by atoms with van der Waals surface area (Å²) in [5.41, 5.74) is 1.94. The summed E-state index contributed by atoms with van der Waals surface area (Å²) >= 11 is 1.17. The Labute approximate surface area is 154 Å². The molecule has 0 fully saturated rings. The van der Waals surface area contributed by atoms with Crippen LogP contribution in [-0.2, 0) is 4.79 Å². The Bertz CT molecular complexity index is 930. The Kier molecular flexibility index (Phi) is 5.22. The number of nitrogens with one attached hydrogen (secondary N) is 1. The average molecular weight is 371 g/mol.